The van der Waals surface area contributed by atoms with Gasteiger partial charge >= 0.3 is 0 Å². The summed E-state index contributed by atoms with van der Waals surface area (Å²) in [4.78, 5) is 22.5. The highest BCUT2D eigenvalue weighted by molar-refractivity contribution is 8.00. The number of thioether (sulfide) groups is 1. The van der Waals surface area contributed by atoms with Gasteiger partial charge in [-0.25, -0.2) is 0 Å². The second kappa shape index (κ2) is 9.19. The average molecular weight is 326 g/mol. The lowest BCUT2D eigenvalue weighted by atomic mass is 10.3. The summed E-state index contributed by atoms with van der Waals surface area (Å²) in [6.45, 7) is 4.20. The Hall–Kier alpha value is -1.89. The van der Waals surface area contributed by atoms with Gasteiger partial charge in [0.05, 0.1) is 7.11 Å². The van der Waals surface area contributed by atoms with E-state index in [4.69, 9.17) is 9.47 Å². The zero-order chi connectivity index (χ0) is 16.5. The molecule has 0 aliphatic carbocycles. The molecule has 0 aromatic heterocycles. The zero-order valence-corrected chi connectivity index (χ0v) is 13.9. The van der Waals surface area contributed by atoms with E-state index in [-0.39, 0.29) is 17.2 Å². The predicted octanol–water partition coefficient (Wildman–Crippen LogP) is 1.49. The smallest absolute Gasteiger partial charge is 0.220 e. The molecule has 0 bridgehead atoms. The Kier molecular flexibility index (Phi) is 7.59. The summed E-state index contributed by atoms with van der Waals surface area (Å²) in [5, 5.41) is 0.104. The van der Waals surface area contributed by atoms with Crippen LogP contribution in [0.15, 0.2) is 24.3 Å². The summed E-state index contributed by atoms with van der Waals surface area (Å²) in [5.74, 6) is 2.18. The van der Waals surface area contributed by atoms with Gasteiger partial charge < -0.3 is 20.1 Å². The summed E-state index contributed by atoms with van der Waals surface area (Å²) in [6.07, 6.45) is 0. The quantitative estimate of drug-likeness (QED) is 0.906. The first-order chi connectivity index (χ1) is 10.5. The van der Waals surface area contributed by atoms with Gasteiger partial charge in [0.15, 0.2) is 11.5 Å². The van der Waals surface area contributed by atoms with Crippen molar-refractivity contribution in [2.45, 2.75) is 19.2 Å². The fraction of sp³-hybridized carbons (Fsp3) is 0.467. The van der Waals surface area contributed by atoms with Gasteiger partial charge in [-0.15, -0.1) is 11.8 Å². The molecule has 2 rings (SSSR count). The molecule has 1 fully saturated rings. The van der Waals surface area contributed by atoms with Crippen LogP contribution >= 0.6 is 11.8 Å². The van der Waals surface area contributed by atoms with Gasteiger partial charge in [0.2, 0.25) is 11.8 Å². The molecule has 1 heterocycles. The van der Waals surface area contributed by atoms with E-state index < -0.39 is 0 Å². The molecular weight excluding hydrogens is 304 g/mol. The fourth-order valence-corrected chi connectivity index (χ4v) is 3.09. The molecule has 2 amide bonds. The van der Waals surface area contributed by atoms with Crippen molar-refractivity contribution in [2.75, 3.05) is 26.0 Å². The number of hydrogen-bond acceptors (Lipinski definition) is 5. The molecule has 0 saturated carbocycles. The van der Waals surface area contributed by atoms with Crippen molar-refractivity contribution in [1.82, 2.24) is 4.90 Å². The van der Waals surface area contributed by atoms with Crippen molar-refractivity contribution in [3.05, 3.63) is 24.3 Å². The van der Waals surface area contributed by atoms with E-state index in [1.165, 1.54) is 6.92 Å². The standard InChI is InChI=1S/C13H17NO3S.C2H5NO/c1-10(15)14-7-8-18-13(14)9-17-12-6-4-3-5-11(12)16-2;1-2(3)4/h3-6,13H,7-9H2,1-2H3;1H3,(H2,3,4). The van der Waals surface area contributed by atoms with Crippen LogP contribution in [0.5, 0.6) is 11.5 Å². The highest BCUT2D eigenvalue weighted by Crippen LogP contribution is 2.29. The Balaban J connectivity index is 0.000000541. The Labute approximate surface area is 134 Å². The fourth-order valence-electron chi connectivity index (χ4n) is 1.92. The molecule has 7 heteroatoms. The van der Waals surface area contributed by atoms with Gasteiger partial charge in [-0.3, -0.25) is 9.59 Å². The maximum Gasteiger partial charge on any atom is 0.220 e. The topological polar surface area (TPSA) is 81.9 Å². The monoisotopic (exact) mass is 326 g/mol. The van der Waals surface area contributed by atoms with E-state index >= 15 is 0 Å². The number of amides is 2. The normalized spacial score (nSPS) is 16.5. The predicted molar refractivity (Wildman–Crippen MR) is 87.0 cm³/mol. The second-order valence-electron chi connectivity index (χ2n) is 4.61. The lowest BCUT2D eigenvalue weighted by Crippen LogP contribution is -2.36. The van der Waals surface area contributed by atoms with Crippen LogP contribution in [0.2, 0.25) is 0 Å². The van der Waals surface area contributed by atoms with Crippen molar-refractivity contribution >= 4 is 23.6 Å². The molecule has 0 spiro atoms. The highest BCUT2D eigenvalue weighted by Gasteiger charge is 2.27. The van der Waals surface area contributed by atoms with Gasteiger partial charge in [0, 0.05) is 26.1 Å². The maximum absolute atomic E-state index is 11.4. The first kappa shape index (κ1) is 18.2. The molecule has 1 aliphatic heterocycles. The van der Waals surface area contributed by atoms with Crippen LogP contribution in [0, 0.1) is 0 Å². The molecule has 1 aromatic rings. The first-order valence-electron chi connectivity index (χ1n) is 6.86. The number of rotatable bonds is 4. The van der Waals surface area contributed by atoms with Gasteiger partial charge in [-0.1, -0.05) is 12.1 Å². The van der Waals surface area contributed by atoms with E-state index in [0.29, 0.717) is 6.61 Å². The molecule has 1 unspecified atom stereocenters. The van der Waals surface area contributed by atoms with Crippen molar-refractivity contribution in [3.8, 4) is 11.5 Å². The number of benzene rings is 1. The van der Waals surface area contributed by atoms with Gasteiger partial charge in [0.1, 0.15) is 12.0 Å². The number of para-hydroxylation sites is 2. The van der Waals surface area contributed by atoms with Gasteiger partial charge in [-0.2, -0.15) is 0 Å². The van der Waals surface area contributed by atoms with E-state index in [0.717, 1.165) is 23.8 Å². The summed E-state index contributed by atoms with van der Waals surface area (Å²) in [5.41, 5.74) is 4.47. The van der Waals surface area contributed by atoms with Gasteiger partial charge in [0.25, 0.3) is 0 Å². The lowest BCUT2D eigenvalue weighted by Gasteiger charge is -2.22. The van der Waals surface area contributed by atoms with E-state index in [9.17, 15) is 9.59 Å². The number of primary amides is 1. The molecule has 1 atom stereocenters. The molecule has 6 nitrogen and oxygen atoms in total. The Morgan fingerprint density at radius 3 is 2.45 bits per heavy atom. The molecule has 22 heavy (non-hydrogen) atoms. The first-order valence-corrected chi connectivity index (χ1v) is 7.91. The molecule has 2 N–H and O–H groups in total. The summed E-state index contributed by atoms with van der Waals surface area (Å²) < 4.78 is 11.0. The Bertz CT molecular complexity index is 506. The molecule has 1 aliphatic rings. The number of methoxy groups -OCH3 is 1. The minimum absolute atomic E-state index is 0.104. The molecule has 1 saturated heterocycles. The minimum Gasteiger partial charge on any atom is -0.493 e. The van der Waals surface area contributed by atoms with Crippen LogP contribution < -0.4 is 15.2 Å². The maximum atomic E-state index is 11.4. The number of nitrogens with two attached hydrogens (primary N) is 1. The third-order valence-corrected chi connectivity index (χ3v) is 4.04. The van der Waals surface area contributed by atoms with Crippen LogP contribution in [-0.4, -0.2) is 48.1 Å². The number of hydrogen-bond donors (Lipinski definition) is 1. The summed E-state index contributed by atoms with van der Waals surface area (Å²) in [6, 6.07) is 7.54. The molecule has 0 radical (unpaired) electrons. The highest BCUT2D eigenvalue weighted by atomic mass is 32.2. The van der Waals surface area contributed by atoms with Crippen LogP contribution in [-0.2, 0) is 9.59 Å². The third-order valence-electron chi connectivity index (χ3n) is 2.85. The minimum atomic E-state index is -0.333. The lowest BCUT2D eigenvalue weighted by molar-refractivity contribution is -0.129. The average Bonchev–Trinajstić information content (AvgIpc) is 2.93. The summed E-state index contributed by atoms with van der Waals surface area (Å²) >= 11 is 1.75. The SMILES string of the molecule is CC(N)=O.COc1ccccc1OCC1SCCN1C(C)=O. The second-order valence-corrected chi connectivity index (χ2v) is 5.90. The number of nitrogens with zero attached hydrogens (tertiary/aromatic N) is 1. The number of ether oxygens (including phenoxy) is 2. The van der Waals surface area contributed by atoms with Crippen molar-refractivity contribution in [3.63, 3.8) is 0 Å². The Morgan fingerprint density at radius 2 is 1.91 bits per heavy atom. The summed E-state index contributed by atoms with van der Waals surface area (Å²) in [7, 11) is 1.62. The molecule has 1 aromatic carbocycles. The van der Waals surface area contributed by atoms with Gasteiger partial charge in [-0.05, 0) is 12.1 Å². The Morgan fingerprint density at radius 1 is 1.32 bits per heavy atom. The van der Waals surface area contributed by atoms with Crippen LogP contribution in [0.25, 0.3) is 0 Å². The molecular formula is C15H22N2O4S. The number of carbonyl (C=O) groups is 2. The largest absolute Gasteiger partial charge is 0.493 e. The van der Waals surface area contributed by atoms with Crippen molar-refractivity contribution < 1.29 is 19.1 Å². The van der Waals surface area contributed by atoms with Crippen LogP contribution in [0.4, 0.5) is 0 Å². The number of carbonyl (C=O) groups excluding carboxylic acids is 2. The van der Waals surface area contributed by atoms with E-state index in [1.807, 2.05) is 29.2 Å². The molecule has 122 valence electrons. The van der Waals surface area contributed by atoms with Crippen molar-refractivity contribution in [2.24, 2.45) is 5.73 Å². The van der Waals surface area contributed by atoms with E-state index in [1.54, 1.807) is 25.8 Å². The van der Waals surface area contributed by atoms with Crippen LogP contribution in [0.3, 0.4) is 0 Å². The van der Waals surface area contributed by atoms with Crippen molar-refractivity contribution in [1.29, 1.82) is 0 Å². The van der Waals surface area contributed by atoms with Crippen LogP contribution in [0.1, 0.15) is 13.8 Å². The third kappa shape index (κ3) is 5.85. The van der Waals surface area contributed by atoms with E-state index in [2.05, 4.69) is 5.73 Å². The zero-order valence-electron chi connectivity index (χ0n) is 13.1.